The van der Waals surface area contributed by atoms with Gasteiger partial charge < -0.3 is 14.4 Å². The molecule has 0 spiro atoms. The van der Waals surface area contributed by atoms with Crippen molar-refractivity contribution in [2.75, 3.05) is 40.0 Å². The van der Waals surface area contributed by atoms with Gasteiger partial charge in [-0.1, -0.05) is 24.6 Å². The summed E-state index contributed by atoms with van der Waals surface area (Å²) in [5.41, 5.74) is 1.22. The molecule has 2 rings (SSSR count). The van der Waals surface area contributed by atoms with Crippen molar-refractivity contribution in [2.45, 2.75) is 39.0 Å². The number of aryl methyl sites for hydroxylation is 1. The molecule has 124 valence electrons. The van der Waals surface area contributed by atoms with Crippen LogP contribution < -0.4 is 4.74 Å². The highest BCUT2D eigenvalue weighted by atomic mass is 16.5. The highest BCUT2D eigenvalue weighted by Crippen LogP contribution is 2.20. The van der Waals surface area contributed by atoms with E-state index in [4.69, 9.17) is 9.47 Å². The summed E-state index contributed by atoms with van der Waals surface area (Å²) in [4.78, 5) is 2.62. The molecule has 0 unspecified atom stereocenters. The monoisotopic (exact) mass is 305 g/mol. The number of methoxy groups -OCH3 is 1. The Balaban J connectivity index is 1.68. The Kier molecular flexibility index (Phi) is 7.75. The zero-order chi connectivity index (χ0) is 15.6. The molecule has 0 radical (unpaired) electrons. The van der Waals surface area contributed by atoms with E-state index >= 15 is 0 Å². The minimum Gasteiger partial charge on any atom is -0.493 e. The van der Waals surface area contributed by atoms with Crippen LogP contribution in [0.2, 0.25) is 0 Å². The average Bonchev–Trinajstić information content (AvgIpc) is 2.76. The van der Waals surface area contributed by atoms with Gasteiger partial charge in [0.1, 0.15) is 5.75 Å². The summed E-state index contributed by atoms with van der Waals surface area (Å²) in [6.07, 6.45) is 6.37. The summed E-state index contributed by atoms with van der Waals surface area (Å²) in [6.45, 7) is 7.43. The largest absolute Gasteiger partial charge is 0.493 e. The molecule has 1 aromatic rings. The SMILES string of the molecule is COCC[C@@H]1CCCCN(CCCOc2ccccc2C)C1. The molecule has 1 aromatic carbocycles. The van der Waals surface area contributed by atoms with Gasteiger partial charge in [0, 0.05) is 26.8 Å². The third kappa shape index (κ3) is 5.98. The molecule has 0 bridgehead atoms. The molecule has 1 fully saturated rings. The van der Waals surface area contributed by atoms with Gasteiger partial charge in [0.25, 0.3) is 0 Å². The van der Waals surface area contributed by atoms with Crippen molar-refractivity contribution in [2.24, 2.45) is 5.92 Å². The molecule has 3 heteroatoms. The van der Waals surface area contributed by atoms with Gasteiger partial charge in [-0.3, -0.25) is 0 Å². The Morgan fingerprint density at radius 1 is 1.18 bits per heavy atom. The Labute approximate surface area is 135 Å². The Bertz CT molecular complexity index is 422. The fraction of sp³-hybridized carbons (Fsp3) is 0.684. The molecule has 0 aromatic heterocycles. The number of rotatable bonds is 8. The lowest BCUT2D eigenvalue weighted by Crippen LogP contribution is -2.30. The summed E-state index contributed by atoms with van der Waals surface area (Å²) in [5, 5.41) is 0. The molecule has 1 saturated heterocycles. The normalized spacial score (nSPS) is 19.8. The zero-order valence-corrected chi connectivity index (χ0v) is 14.2. The van der Waals surface area contributed by atoms with E-state index < -0.39 is 0 Å². The minimum absolute atomic E-state index is 0.805. The number of benzene rings is 1. The highest BCUT2D eigenvalue weighted by Gasteiger charge is 2.17. The second-order valence-corrected chi connectivity index (χ2v) is 6.41. The molecule has 0 aliphatic carbocycles. The molecule has 1 aliphatic heterocycles. The fourth-order valence-electron chi connectivity index (χ4n) is 3.23. The second kappa shape index (κ2) is 9.86. The number of likely N-dealkylation sites (tertiary alicyclic amines) is 1. The van der Waals surface area contributed by atoms with E-state index in [2.05, 4.69) is 30.0 Å². The highest BCUT2D eigenvalue weighted by molar-refractivity contribution is 5.31. The van der Waals surface area contributed by atoms with Crippen LogP contribution in [0.3, 0.4) is 0 Å². The Morgan fingerprint density at radius 3 is 2.86 bits per heavy atom. The molecule has 22 heavy (non-hydrogen) atoms. The van der Waals surface area contributed by atoms with Crippen molar-refractivity contribution in [3.05, 3.63) is 29.8 Å². The molecule has 1 heterocycles. The number of ether oxygens (including phenoxy) is 2. The van der Waals surface area contributed by atoms with Crippen LogP contribution in [0.5, 0.6) is 5.75 Å². The summed E-state index contributed by atoms with van der Waals surface area (Å²) in [7, 11) is 1.80. The molecule has 0 amide bonds. The van der Waals surface area contributed by atoms with E-state index in [-0.39, 0.29) is 0 Å². The summed E-state index contributed by atoms with van der Waals surface area (Å²) < 4.78 is 11.1. The molecule has 0 N–H and O–H groups in total. The van der Waals surface area contributed by atoms with E-state index in [1.54, 1.807) is 7.11 Å². The van der Waals surface area contributed by atoms with Crippen LogP contribution in [0, 0.1) is 12.8 Å². The lowest BCUT2D eigenvalue weighted by molar-refractivity contribution is 0.157. The van der Waals surface area contributed by atoms with Gasteiger partial charge in [-0.2, -0.15) is 0 Å². The van der Waals surface area contributed by atoms with Gasteiger partial charge in [-0.25, -0.2) is 0 Å². The summed E-state index contributed by atoms with van der Waals surface area (Å²) in [5.74, 6) is 1.83. The van der Waals surface area contributed by atoms with Crippen molar-refractivity contribution in [3.63, 3.8) is 0 Å². The first-order valence-corrected chi connectivity index (χ1v) is 8.69. The lowest BCUT2D eigenvalue weighted by atomic mass is 10.00. The first kappa shape index (κ1) is 17.3. The second-order valence-electron chi connectivity index (χ2n) is 6.41. The third-order valence-electron chi connectivity index (χ3n) is 4.55. The smallest absolute Gasteiger partial charge is 0.122 e. The van der Waals surface area contributed by atoms with Crippen molar-refractivity contribution in [3.8, 4) is 5.75 Å². The predicted octanol–water partition coefficient (Wildman–Crippen LogP) is 3.90. The molecular weight excluding hydrogens is 274 g/mol. The maximum Gasteiger partial charge on any atom is 0.122 e. The van der Waals surface area contributed by atoms with Crippen LogP contribution in [-0.4, -0.2) is 44.9 Å². The van der Waals surface area contributed by atoms with E-state index in [0.29, 0.717) is 0 Å². The quantitative estimate of drug-likeness (QED) is 0.680. The molecule has 3 nitrogen and oxygen atoms in total. The third-order valence-corrected chi connectivity index (χ3v) is 4.55. The van der Waals surface area contributed by atoms with Gasteiger partial charge in [-0.05, 0) is 56.7 Å². The van der Waals surface area contributed by atoms with Crippen molar-refractivity contribution >= 4 is 0 Å². The van der Waals surface area contributed by atoms with Gasteiger partial charge in [-0.15, -0.1) is 0 Å². The van der Waals surface area contributed by atoms with E-state index in [9.17, 15) is 0 Å². The fourth-order valence-corrected chi connectivity index (χ4v) is 3.23. The van der Waals surface area contributed by atoms with Gasteiger partial charge in [0.2, 0.25) is 0 Å². The number of nitrogens with zero attached hydrogens (tertiary/aromatic N) is 1. The van der Waals surface area contributed by atoms with Crippen molar-refractivity contribution in [1.29, 1.82) is 0 Å². The van der Waals surface area contributed by atoms with Crippen molar-refractivity contribution < 1.29 is 9.47 Å². The molecular formula is C19H31NO2. The van der Waals surface area contributed by atoms with Crippen LogP contribution >= 0.6 is 0 Å². The van der Waals surface area contributed by atoms with E-state index in [1.165, 1.54) is 44.3 Å². The maximum absolute atomic E-state index is 5.90. The molecule has 1 atom stereocenters. The molecule has 0 saturated carbocycles. The van der Waals surface area contributed by atoms with E-state index in [1.807, 2.05) is 6.07 Å². The van der Waals surface area contributed by atoms with Crippen LogP contribution in [0.1, 0.15) is 37.7 Å². The van der Waals surface area contributed by atoms with Gasteiger partial charge >= 0.3 is 0 Å². The maximum atomic E-state index is 5.90. The van der Waals surface area contributed by atoms with Crippen LogP contribution in [0.25, 0.3) is 0 Å². The first-order valence-electron chi connectivity index (χ1n) is 8.69. The van der Waals surface area contributed by atoms with Crippen LogP contribution in [0.4, 0.5) is 0 Å². The van der Waals surface area contributed by atoms with Crippen LogP contribution in [0.15, 0.2) is 24.3 Å². The zero-order valence-electron chi connectivity index (χ0n) is 14.2. The van der Waals surface area contributed by atoms with Gasteiger partial charge in [0.05, 0.1) is 6.61 Å². The standard InChI is InChI=1S/C19H31NO2/c1-17-8-3-4-10-19(17)22-14-7-13-20-12-6-5-9-18(16-20)11-15-21-2/h3-4,8,10,18H,5-7,9,11-16H2,1-2H3/t18-/m0/s1. The minimum atomic E-state index is 0.805. The topological polar surface area (TPSA) is 21.7 Å². The van der Waals surface area contributed by atoms with Gasteiger partial charge in [0.15, 0.2) is 0 Å². The Morgan fingerprint density at radius 2 is 2.05 bits per heavy atom. The van der Waals surface area contributed by atoms with Crippen LogP contribution in [-0.2, 0) is 4.74 Å². The average molecular weight is 305 g/mol. The summed E-state index contributed by atoms with van der Waals surface area (Å²) >= 11 is 0. The Hall–Kier alpha value is -1.06. The molecule has 1 aliphatic rings. The van der Waals surface area contributed by atoms with E-state index in [0.717, 1.165) is 37.8 Å². The number of para-hydroxylation sites is 1. The summed E-state index contributed by atoms with van der Waals surface area (Å²) in [6, 6.07) is 8.25. The first-order chi connectivity index (χ1) is 10.8. The van der Waals surface area contributed by atoms with Crippen molar-refractivity contribution in [1.82, 2.24) is 4.90 Å². The lowest BCUT2D eigenvalue weighted by Gasteiger charge is -2.24. The number of hydrogen-bond acceptors (Lipinski definition) is 3. The predicted molar refractivity (Wildman–Crippen MR) is 91.6 cm³/mol. The number of hydrogen-bond donors (Lipinski definition) is 0.